The van der Waals surface area contributed by atoms with Crippen LogP contribution in [0.25, 0.3) is 11.3 Å². The fraction of sp³-hybridized carbons (Fsp3) is 0.150. The highest BCUT2D eigenvalue weighted by Crippen LogP contribution is 2.28. The van der Waals surface area contributed by atoms with Crippen molar-refractivity contribution in [1.82, 2.24) is 15.6 Å². The zero-order valence-electron chi connectivity index (χ0n) is 15.7. The number of hydrogen-bond acceptors (Lipinski definition) is 6. The Morgan fingerprint density at radius 2 is 1.82 bits per heavy atom. The molecule has 0 saturated carbocycles. The fourth-order valence-electron chi connectivity index (χ4n) is 2.59. The lowest BCUT2D eigenvalue weighted by Crippen LogP contribution is -2.18. The highest BCUT2D eigenvalue weighted by Gasteiger charge is 2.13. The molecule has 2 N–H and O–H groups in total. The number of H-pyrrole nitrogens is 1. The Morgan fingerprint density at radius 1 is 1.04 bits per heavy atom. The maximum absolute atomic E-state index is 12.3. The van der Waals surface area contributed by atoms with E-state index >= 15 is 0 Å². The zero-order chi connectivity index (χ0) is 19.9. The van der Waals surface area contributed by atoms with E-state index in [0.29, 0.717) is 28.5 Å². The SMILES string of the molecule is COc1ccc(OC)c(/C=N\NC(=O)c2cc(-c3ccccc3OC)n[nH]2)c1. The Balaban J connectivity index is 1.73. The van der Waals surface area contributed by atoms with Crippen molar-refractivity contribution in [2.75, 3.05) is 21.3 Å². The number of ether oxygens (including phenoxy) is 3. The van der Waals surface area contributed by atoms with E-state index in [1.165, 1.54) is 6.21 Å². The molecule has 8 nitrogen and oxygen atoms in total. The number of hydrogen-bond donors (Lipinski definition) is 2. The predicted molar refractivity (Wildman–Crippen MR) is 105 cm³/mol. The molecule has 0 aliphatic heterocycles. The fourth-order valence-corrected chi connectivity index (χ4v) is 2.59. The third kappa shape index (κ3) is 4.12. The van der Waals surface area contributed by atoms with Crippen LogP contribution in [-0.4, -0.2) is 43.6 Å². The van der Waals surface area contributed by atoms with E-state index in [0.717, 1.165) is 5.56 Å². The lowest BCUT2D eigenvalue weighted by atomic mass is 10.1. The highest BCUT2D eigenvalue weighted by molar-refractivity contribution is 5.94. The van der Waals surface area contributed by atoms with Gasteiger partial charge in [0.15, 0.2) is 0 Å². The van der Waals surface area contributed by atoms with Crippen LogP contribution in [0, 0.1) is 0 Å². The van der Waals surface area contributed by atoms with Crippen LogP contribution in [0.5, 0.6) is 17.2 Å². The maximum Gasteiger partial charge on any atom is 0.289 e. The monoisotopic (exact) mass is 380 g/mol. The number of aromatic amines is 1. The molecule has 1 heterocycles. The number of methoxy groups -OCH3 is 3. The number of aromatic nitrogens is 2. The molecule has 144 valence electrons. The first-order valence-electron chi connectivity index (χ1n) is 8.40. The van der Waals surface area contributed by atoms with Gasteiger partial charge in [0.25, 0.3) is 5.91 Å². The molecule has 1 amide bonds. The van der Waals surface area contributed by atoms with Crippen LogP contribution >= 0.6 is 0 Å². The molecule has 2 aromatic carbocycles. The first kappa shape index (κ1) is 19.0. The molecule has 0 bridgehead atoms. The van der Waals surface area contributed by atoms with Crippen LogP contribution in [0.1, 0.15) is 16.1 Å². The van der Waals surface area contributed by atoms with Gasteiger partial charge in [-0.1, -0.05) is 12.1 Å². The number of hydrazone groups is 1. The number of carbonyl (C=O) groups is 1. The normalized spacial score (nSPS) is 10.7. The Bertz CT molecular complexity index is 997. The summed E-state index contributed by atoms with van der Waals surface area (Å²) >= 11 is 0. The average Bonchev–Trinajstić information content (AvgIpc) is 3.23. The summed E-state index contributed by atoms with van der Waals surface area (Å²) in [4.78, 5) is 12.3. The van der Waals surface area contributed by atoms with E-state index in [-0.39, 0.29) is 5.69 Å². The number of para-hydroxylation sites is 1. The van der Waals surface area contributed by atoms with Gasteiger partial charge in [-0.15, -0.1) is 0 Å². The first-order valence-corrected chi connectivity index (χ1v) is 8.40. The molecule has 3 aromatic rings. The lowest BCUT2D eigenvalue weighted by molar-refractivity contribution is 0.0950. The highest BCUT2D eigenvalue weighted by atomic mass is 16.5. The van der Waals surface area contributed by atoms with Crippen molar-refractivity contribution in [2.24, 2.45) is 5.10 Å². The van der Waals surface area contributed by atoms with Gasteiger partial charge in [-0.2, -0.15) is 10.2 Å². The number of nitrogens with one attached hydrogen (secondary N) is 2. The molecule has 0 fully saturated rings. The molecular formula is C20H20N4O4. The minimum absolute atomic E-state index is 0.274. The largest absolute Gasteiger partial charge is 0.497 e. The van der Waals surface area contributed by atoms with E-state index in [1.54, 1.807) is 45.6 Å². The van der Waals surface area contributed by atoms with Crippen LogP contribution in [0.3, 0.4) is 0 Å². The minimum atomic E-state index is -0.424. The second-order valence-corrected chi connectivity index (χ2v) is 5.67. The number of rotatable bonds is 7. The smallest absolute Gasteiger partial charge is 0.289 e. The average molecular weight is 380 g/mol. The number of carbonyl (C=O) groups excluding carboxylic acids is 1. The summed E-state index contributed by atoms with van der Waals surface area (Å²) in [6, 6.07) is 14.4. The van der Waals surface area contributed by atoms with Gasteiger partial charge in [-0.05, 0) is 36.4 Å². The van der Waals surface area contributed by atoms with Crippen molar-refractivity contribution in [3.05, 3.63) is 59.8 Å². The number of benzene rings is 2. The van der Waals surface area contributed by atoms with E-state index < -0.39 is 5.91 Å². The molecule has 0 saturated heterocycles. The van der Waals surface area contributed by atoms with Crippen molar-refractivity contribution in [2.45, 2.75) is 0 Å². The Hall–Kier alpha value is -3.81. The third-order valence-corrected chi connectivity index (χ3v) is 4.01. The van der Waals surface area contributed by atoms with Gasteiger partial charge in [-0.25, -0.2) is 5.43 Å². The lowest BCUT2D eigenvalue weighted by Gasteiger charge is -2.06. The maximum atomic E-state index is 12.3. The summed E-state index contributed by atoms with van der Waals surface area (Å²) in [5, 5.41) is 10.9. The molecule has 0 radical (unpaired) electrons. The summed E-state index contributed by atoms with van der Waals surface area (Å²) in [5.74, 6) is 1.51. The second-order valence-electron chi connectivity index (χ2n) is 5.67. The van der Waals surface area contributed by atoms with Gasteiger partial charge >= 0.3 is 0 Å². The number of amides is 1. The second kappa shape index (κ2) is 8.72. The van der Waals surface area contributed by atoms with Crippen molar-refractivity contribution >= 4 is 12.1 Å². The topological polar surface area (TPSA) is 97.8 Å². The molecule has 0 atom stereocenters. The summed E-state index contributed by atoms with van der Waals surface area (Å²) in [6.07, 6.45) is 1.48. The van der Waals surface area contributed by atoms with Crippen molar-refractivity contribution in [3.63, 3.8) is 0 Å². The summed E-state index contributed by atoms with van der Waals surface area (Å²) in [7, 11) is 4.71. The van der Waals surface area contributed by atoms with Crippen LogP contribution in [-0.2, 0) is 0 Å². The predicted octanol–water partition coefficient (Wildman–Crippen LogP) is 2.87. The van der Waals surface area contributed by atoms with Gasteiger partial charge in [0.05, 0.1) is 33.2 Å². The molecule has 3 rings (SSSR count). The van der Waals surface area contributed by atoms with Gasteiger partial charge in [0.1, 0.15) is 22.9 Å². The third-order valence-electron chi connectivity index (χ3n) is 4.01. The van der Waals surface area contributed by atoms with Crippen LogP contribution in [0.2, 0.25) is 0 Å². The molecule has 8 heteroatoms. The molecule has 0 aliphatic rings. The summed E-state index contributed by atoms with van der Waals surface area (Å²) < 4.78 is 15.8. The van der Waals surface area contributed by atoms with E-state index in [4.69, 9.17) is 14.2 Å². The van der Waals surface area contributed by atoms with Gasteiger partial charge < -0.3 is 14.2 Å². The number of nitrogens with zero attached hydrogens (tertiary/aromatic N) is 2. The Morgan fingerprint density at radius 3 is 2.57 bits per heavy atom. The van der Waals surface area contributed by atoms with E-state index in [2.05, 4.69) is 20.7 Å². The van der Waals surface area contributed by atoms with Crippen molar-refractivity contribution in [3.8, 4) is 28.5 Å². The molecule has 1 aromatic heterocycles. The molecule has 0 unspecified atom stereocenters. The molecular weight excluding hydrogens is 360 g/mol. The van der Waals surface area contributed by atoms with Crippen LogP contribution in [0.15, 0.2) is 53.6 Å². The van der Waals surface area contributed by atoms with Gasteiger partial charge in [0.2, 0.25) is 0 Å². The van der Waals surface area contributed by atoms with Gasteiger partial charge in [0, 0.05) is 11.1 Å². The van der Waals surface area contributed by atoms with Crippen molar-refractivity contribution in [1.29, 1.82) is 0 Å². The molecule has 28 heavy (non-hydrogen) atoms. The van der Waals surface area contributed by atoms with Crippen LogP contribution < -0.4 is 19.6 Å². The Labute approximate surface area is 162 Å². The Kier molecular flexibility index (Phi) is 5.91. The quantitative estimate of drug-likeness (QED) is 0.485. The molecule has 0 aliphatic carbocycles. The van der Waals surface area contributed by atoms with Gasteiger partial charge in [-0.3, -0.25) is 9.89 Å². The summed E-state index contributed by atoms with van der Waals surface area (Å²) in [5.41, 5.74) is 4.78. The summed E-state index contributed by atoms with van der Waals surface area (Å²) in [6.45, 7) is 0. The van der Waals surface area contributed by atoms with Crippen molar-refractivity contribution < 1.29 is 19.0 Å². The standard InChI is InChI=1S/C20H20N4O4/c1-26-14-8-9-18(27-2)13(10-14)12-21-24-20(25)17-11-16(22-23-17)15-6-4-5-7-19(15)28-3/h4-12H,1-3H3,(H,22,23)(H,24,25)/b21-12-. The minimum Gasteiger partial charge on any atom is -0.497 e. The zero-order valence-corrected chi connectivity index (χ0v) is 15.7. The van der Waals surface area contributed by atoms with Crippen LogP contribution in [0.4, 0.5) is 0 Å². The molecule has 0 spiro atoms. The first-order chi connectivity index (χ1) is 13.7. The van der Waals surface area contributed by atoms with E-state index in [9.17, 15) is 4.79 Å². The van der Waals surface area contributed by atoms with E-state index in [1.807, 2.05) is 24.3 Å².